The van der Waals surface area contributed by atoms with Crippen LogP contribution in [0.15, 0.2) is 41.6 Å². The molecule has 0 saturated carbocycles. The van der Waals surface area contributed by atoms with Crippen molar-refractivity contribution >= 4 is 32.5 Å². The molecule has 9 nitrogen and oxygen atoms in total. The molecule has 1 amide bonds. The maximum atomic E-state index is 12.6. The summed E-state index contributed by atoms with van der Waals surface area (Å²) in [5, 5.41) is 7.79. The Balaban J connectivity index is 1.41. The van der Waals surface area contributed by atoms with Crippen LogP contribution in [0.4, 0.5) is 5.69 Å². The molecule has 0 bridgehead atoms. The first-order valence-electron chi connectivity index (χ1n) is 9.59. The minimum Gasteiger partial charge on any atom is -0.486 e. The molecule has 3 aromatic rings. The number of ether oxygens (including phenoxy) is 2. The van der Waals surface area contributed by atoms with Crippen LogP contribution in [-0.2, 0) is 14.6 Å². The third-order valence-corrected chi connectivity index (χ3v) is 6.39. The van der Waals surface area contributed by atoms with Crippen molar-refractivity contribution in [3.05, 3.63) is 36.7 Å². The van der Waals surface area contributed by atoms with Crippen molar-refractivity contribution in [3.63, 3.8) is 0 Å². The van der Waals surface area contributed by atoms with Gasteiger partial charge < -0.3 is 14.8 Å². The Kier molecular flexibility index (Phi) is 5.33. The molecule has 0 spiro atoms. The van der Waals surface area contributed by atoms with E-state index >= 15 is 0 Å². The fourth-order valence-electron chi connectivity index (χ4n) is 3.17. The summed E-state index contributed by atoms with van der Waals surface area (Å²) in [4.78, 5) is 16.8. The summed E-state index contributed by atoms with van der Waals surface area (Å²) in [6.45, 7) is 4.81. The third-order valence-electron chi connectivity index (χ3n) is 4.68. The second-order valence-electron chi connectivity index (χ2n) is 7.24. The van der Waals surface area contributed by atoms with Gasteiger partial charge in [-0.15, -0.1) is 0 Å². The molecule has 10 heteroatoms. The van der Waals surface area contributed by atoms with Gasteiger partial charge in [0, 0.05) is 23.9 Å². The molecule has 1 aliphatic rings. The molecule has 30 heavy (non-hydrogen) atoms. The minimum atomic E-state index is -3.65. The average molecular weight is 430 g/mol. The lowest BCUT2D eigenvalue weighted by Gasteiger charge is -2.18. The monoisotopic (exact) mass is 430 g/mol. The van der Waals surface area contributed by atoms with Crippen LogP contribution in [0.25, 0.3) is 11.0 Å². The van der Waals surface area contributed by atoms with E-state index in [0.29, 0.717) is 30.4 Å². The number of rotatable bonds is 6. The van der Waals surface area contributed by atoms with Crippen molar-refractivity contribution < 1.29 is 22.7 Å². The van der Waals surface area contributed by atoms with Crippen LogP contribution < -0.4 is 14.8 Å². The van der Waals surface area contributed by atoms with Crippen LogP contribution in [0.3, 0.4) is 0 Å². The number of carbonyl (C=O) groups is 1. The SMILES string of the molecule is CC(C)n1ncc2cc(NC(=O)CCS(=O)(=O)c3ccc4c(c3)OCCO4)cnc21. The maximum Gasteiger partial charge on any atom is 0.225 e. The van der Waals surface area contributed by atoms with Crippen LogP contribution in [0, 0.1) is 0 Å². The molecule has 0 aliphatic carbocycles. The van der Waals surface area contributed by atoms with E-state index in [-0.39, 0.29) is 23.1 Å². The molecule has 1 aromatic carbocycles. The second-order valence-corrected chi connectivity index (χ2v) is 9.35. The van der Waals surface area contributed by atoms with Crippen LogP contribution >= 0.6 is 0 Å². The number of amides is 1. The number of hydrogen-bond donors (Lipinski definition) is 1. The van der Waals surface area contributed by atoms with Gasteiger partial charge in [-0.25, -0.2) is 18.1 Å². The summed E-state index contributed by atoms with van der Waals surface area (Å²) in [6, 6.07) is 6.40. The van der Waals surface area contributed by atoms with Gasteiger partial charge in [-0.05, 0) is 32.0 Å². The van der Waals surface area contributed by atoms with Gasteiger partial charge in [0.1, 0.15) is 13.2 Å². The number of nitrogens with one attached hydrogen (secondary N) is 1. The molecular formula is C20H22N4O5S. The van der Waals surface area contributed by atoms with E-state index in [1.165, 1.54) is 18.3 Å². The smallest absolute Gasteiger partial charge is 0.225 e. The van der Waals surface area contributed by atoms with Crippen LogP contribution in [0.5, 0.6) is 11.5 Å². The Hall–Kier alpha value is -3.14. The zero-order chi connectivity index (χ0) is 21.3. The Morgan fingerprint density at radius 1 is 1.17 bits per heavy atom. The quantitative estimate of drug-likeness (QED) is 0.639. The topological polar surface area (TPSA) is 112 Å². The number of fused-ring (bicyclic) bond motifs is 2. The van der Waals surface area contributed by atoms with Crippen molar-refractivity contribution in [2.24, 2.45) is 0 Å². The van der Waals surface area contributed by atoms with Crippen LogP contribution in [-0.4, -0.2) is 48.1 Å². The van der Waals surface area contributed by atoms with Crippen molar-refractivity contribution in [2.75, 3.05) is 24.3 Å². The molecule has 3 heterocycles. The Morgan fingerprint density at radius 3 is 2.70 bits per heavy atom. The number of anilines is 1. The molecule has 158 valence electrons. The zero-order valence-corrected chi connectivity index (χ0v) is 17.5. The van der Waals surface area contributed by atoms with Gasteiger partial charge in [-0.3, -0.25) is 4.79 Å². The molecule has 0 unspecified atom stereocenters. The summed E-state index contributed by atoms with van der Waals surface area (Å²) in [5.74, 6) is 0.183. The summed E-state index contributed by atoms with van der Waals surface area (Å²) in [6.07, 6.45) is 3.04. The largest absolute Gasteiger partial charge is 0.486 e. The number of benzene rings is 1. The van der Waals surface area contributed by atoms with E-state index in [9.17, 15) is 13.2 Å². The molecule has 0 radical (unpaired) electrons. The highest BCUT2D eigenvalue weighted by atomic mass is 32.2. The van der Waals surface area contributed by atoms with Gasteiger partial charge in [-0.2, -0.15) is 5.10 Å². The number of aromatic nitrogens is 3. The van der Waals surface area contributed by atoms with Crippen molar-refractivity contribution in [2.45, 2.75) is 31.2 Å². The number of sulfone groups is 1. The highest BCUT2D eigenvalue weighted by Crippen LogP contribution is 2.32. The number of nitrogens with zero attached hydrogens (tertiary/aromatic N) is 3. The number of carbonyl (C=O) groups excluding carboxylic acids is 1. The highest BCUT2D eigenvalue weighted by molar-refractivity contribution is 7.91. The minimum absolute atomic E-state index is 0.101. The van der Waals surface area contributed by atoms with Gasteiger partial charge in [0.15, 0.2) is 27.0 Å². The Labute approximate surface area is 173 Å². The van der Waals surface area contributed by atoms with E-state index in [1.807, 2.05) is 13.8 Å². The highest BCUT2D eigenvalue weighted by Gasteiger charge is 2.21. The predicted octanol–water partition coefficient (Wildman–Crippen LogP) is 2.59. The first kappa shape index (κ1) is 20.1. The zero-order valence-electron chi connectivity index (χ0n) is 16.7. The van der Waals surface area contributed by atoms with Gasteiger partial charge in [0.05, 0.1) is 28.7 Å². The second kappa shape index (κ2) is 7.94. The normalized spacial score (nSPS) is 13.6. The standard InChI is InChI=1S/C20H22N4O5S/c1-13(2)24-20-14(11-22-24)9-15(12-21-20)23-19(25)5-8-30(26,27)16-3-4-17-18(10-16)29-7-6-28-17/h3-4,9-13H,5-8H2,1-2H3,(H,23,25). The van der Waals surface area contributed by atoms with E-state index in [1.54, 1.807) is 23.0 Å². The fourth-order valence-corrected chi connectivity index (χ4v) is 4.42. The van der Waals surface area contributed by atoms with E-state index < -0.39 is 15.7 Å². The van der Waals surface area contributed by atoms with Gasteiger partial charge in [-0.1, -0.05) is 0 Å². The molecule has 1 N–H and O–H groups in total. The molecule has 4 rings (SSSR count). The third kappa shape index (κ3) is 4.09. The summed E-state index contributed by atoms with van der Waals surface area (Å²) < 4.78 is 37.9. The molecule has 1 aliphatic heterocycles. The van der Waals surface area contributed by atoms with Crippen molar-refractivity contribution in [1.29, 1.82) is 0 Å². The number of hydrogen-bond acceptors (Lipinski definition) is 7. The van der Waals surface area contributed by atoms with Gasteiger partial charge in [0.25, 0.3) is 0 Å². The predicted molar refractivity (Wildman–Crippen MR) is 111 cm³/mol. The lowest BCUT2D eigenvalue weighted by atomic mass is 10.3. The fraction of sp³-hybridized carbons (Fsp3) is 0.350. The number of pyridine rings is 1. The first-order chi connectivity index (χ1) is 14.3. The van der Waals surface area contributed by atoms with Crippen LogP contribution in [0.2, 0.25) is 0 Å². The molecule has 0 saturated heterocycles. The van der Waals surface area contributed by atoms with Crippen LogP contribution in [0.1, 0.15) is 26.3 Å². The molecule has 0 fully saturated rings. The summed E-state index contributed by atoms with van der Waals surface area (Å²) in [7, 11) is -3.65. The van der Waals surface area contributed by atoms with E-state index in [0.717, 1.165) is 11.0 Å². The van der Waals surface area contributed by atoms with E-state index in [2.05, 4.69) is 15.4 Å². The van der Waals surface area contributed by atoms with Crippen molar-refractivity contribution in [3.8, 4) is 11.5 Å². The first-order valence-corrected chi connectivity index (χ1v) is 11.2. The Bertz CT molecular complexity index is 1200. The maximum absolute atomic E-state index is 12.6. The molecule has 0 atom stereocenters. The van der Waals surface area contributed by atoms with Gasteiger partial charge >= 0.3 is 0 Å². The summed E-state index contributed by atoms with van der Waals surface area (Å²) in [5.41, 5.74) is 1.22. The Morgan fingerprint density at radius 2 is 1.93 bits per heavy atom. The van der Waals surface area contributed by atoms with E-state index in [4.69, 9.17) is 9.47 Å². The lowest BCUT2D eigenvalue weighted by Crippen LogP contribution is -2.18. The molecule has 2 aromatic heterocycles. The van der Waals surface area contributed by atoms with Crippen molar-refractivity contribution in [1.82, 2.24) is 14.8 Å². The molecular weight excluding hydrogens is 408 g/mol. The average Bonchev–Trinajstić information content (AvgIpc) is 3.15. The van der Waals surface area contributed by atoms with Gasteiger partial charge in [0.2, 0.25) is 5.91 Å². The summed E-state index contributed by atoms with van der Waals surface area (Å²) >= 11 is 0. The lowest BCUT2D eigenvalue weighted by molar-refractivity contribution is -0.115.